The van der Waals surface area contributed by atoms with Gasteiger partial charge in [0.25, 0.3) is 0 Å². The fraction of sp³-hybridized carbons (Fsp3) is 0.357. The van der Waals surface area contributed by atoms with E-state index in [9.17, 15) is 4.79 Å². The first-order valence-electron chi connectivity index (χ1n) is 6.18. The molecule has 0 radical (unpaired) electrons. The molecule has 1 atom stereocenters. The van der Waals surface area contributed by atoms with E-state index in [0.29, 0.717) is 26.8 Å². The predicted octanol–water partition coefficient (Wildman–Crippen LogP) is 4.86. The number of Topliss-reactive ketones (excluding diaryl/α,β-unsaturated/α-hetero) is 1. The lowest BCUT2D eigenvalue weighted by Gasteiger charge is -2.23. The molecule has 2 nitrogen and oxygen atoms in total. The third-order valence-electron chi connectivity index (χ3n) is 3.18. The van der Waals surface area contributed by atoms with E-state index < -0.39 is 0 Å². The molecule has 0 aromatic carbocycles. The van der Waals surface area contributed by atoms with E-state index in [2.05, 4.69) is 18.4 Å². The molecule has 0 bridgehead atoms. The standard InChI is InChI=1S/C14H15Cl2NOS2/c1-9(6-10-4-3-5-19-10)17(2)8-12(18)11-7-13(15)20-14(11)16/h3-5,7,9H,6,8H2,1-2H3. The lowest BCUT2D eigenvalue weighted by atomic mass is 10.1. The number of hydrogen-bond donors (Lipinski definition) is 0. The minimum Gasteiger partial charge on any atom is -0.296 e. The molecule has 2 heterocycles. The smallest absolute Gasteiger partial charge is 0.179 e. The number of ketones is 1. The number of rotatable bonds is 6. The number of hydrogen-bond acceptors (Lipinski definition) is 4. The van der Waals surface area contributed by atoms with Crippen molar-refractivity contribution in [2.45, 2.75) is 19.4 Å². The first-order valence-corrected chi connectivity index (χ1v) is 8.63. The normalized spacial score (nSPS) is 12.8. The maximum atomic E-state index is 12.2. The van der Waals surface area contributed by atoms with E-state index in [4.69, 9.17) is 23.2 Å². The summed E-state index contributed by atoms with van der Waals surface area (Å²) in [6.07, 6.45) is 0.944. The van der Waals surface area contributed by atoms with Crippen LogP contribution in [0.15, 0.2) is 23.6 Å². The summed E-state index contributed by atoms with van der Waals surface area (Å²) in [4.78, 5) is 15.6. The third kappa shape index (κ3) is 4.06. The minimum absolute atomic E-state index is 0.0127. The van der Waals surface area contributed by atoms with Gasteiger partial charge in [-0.25, -0.2) is 0 Å². The van der Waals surface area contributed by atoms with Crippen molar-refractivity contribution in [1.82, 2.24) is 4.90 Å². The zero-order valence-electron chi connectivity index (χ0n) is 11.2. The van der Waals surface area contributed by atoms with Crippen LogP contribution in [0.4, 0.5) is 0 Å². The van der Waals surface area contributed by atoms with Gasteiger partial charge in [0.2, 0.25) is 0 Å². The molecule has 6 heteroatoms. The molecule has 0 saturated heterocycles. The maximum absolute atomic E-state index is 12.2. The van der Waals surface area contributed by atoms with Crippen molar-refractivity contribution in [3.8, 4) is 0 Å². The number of thiophene rings is 2. The van der Waals surface area contributed by atoms with Crippen LogP contribution in [0.5, 0.6) is 0 Å². The van der Waals surface area contributed by atoms with Crippen molar-refractivity contribution >= 4 is 51.7 Å². The van der Waals surface area contributed by atoms with Crippen LogP contribution in [0, 0.1) is 0 Å². The Kier molecular flexibility index (Phi) is 5.64. The number of likely N-dealkylation sites (N-methyl/N-ethyl adjacent to an activating group) is 1. The Morgan fingerprint density at radius 3 is 2.75 bits per heavy atom. The van der Waals surface area contributed by atoms with Gasteiger partial charge in [0.1, 0.15) is 4.34 Å². The van der Waals surface area contributed by atoms with Crippen LogP contribution in [0.3, 0.4) is 0 Å². The first kappa shape index (κ1) is 16.0. The summed E-state index contributed by atoms with van der Waals surface area (Å²) < 4.78 is 1.02. The molecule has 0 fully saturated rings. The number of nitrogens with zero attached hydrogens (tertiary/aromatic N) is 1. The molecule has 0 aliphatic rings. The Balaban J connectivity index is 1.95. The van der Waals surface area contributed by atoms with Crippen LogP contribution in [0.25, 0.3) is 0 Å². The fourth-order valence-corrected chi connectivity index (χ4v) is 4.20. The van der Waals surface area contributed by atoms with Crippen molar-refractivity contribution in [3.05, 3.63) is 42.7 Å². The van der Waals surface area contributed by atoms with Crippen LogP contribution in [-0.2, 0) is 6.42 Å². The molecule has 108 valence electrons. The minimum atomic E-state index is 0.0127. The van der Waals surface area contributed by atoms with Crippen molar-refractivity contribution in [2.75, 3.05) is 13.6 Å². The molecule has 0 aliphatic heterocycles. The second-order valence-electron chi connectivity index (χ2n) is 4.71. The monoisotopic (exact) mass is 347 g/mol. The average Bonchev–Trinajstić information content (AvgIpc) is 2.98. The van der Waals surface area contributed by atoms with E-state index in [1.54, 1.807) is 17.4 Å². The lowest BCUT2D eigenvalue weighted by molar-refractivity contribution is 0.0925. The molecule has 0 saturated carbocycles. The largest absolute Gasteiger partial charge is 0.296 e. The Morgan fingerprint density at radius 1 is 1.45 bits per heavy atom. The highest BCUT2D eigenvalue weighted by Crippen LogP contribution is 2.31. The van der Waals surface area contributed by atoms with Crippen molar-refractivity contribution in [2.24, 2.45) is 0 Å². The van der Waals surface area contributed by atoms with Gasteiger partial charge in [-0.2, -0.15) is 0 Å². The summed E-state index contributed by atoms with van der Waals surface area (Å²) in [6, 6.07) is 6.11. The van der Waals surface area contributed by atoms with E-state index >= 15 is 0 Å². The highest BCUT2D eigenvalue weighted by molar-refractivity contribution is 7.20. The molecule has 1 unspecified atom stereocenters. The van der Waals surface area contributed by atoms with Crippen LogP contribution < -0.4 is 0 Å². The van der Waals surface area contributed by atoms with Gasteiger partial charge in [0.15, 0.2) is 5.78 Å². The fourth-order valence-electron chi connectivity index (χ4n) is 1.87. The molecular weight excluding hydrogens is 333 g/mol. The number of carbonyl (C=O) groups is 1. The van der Waals surface area contributed by atoms with E-state index in [1.807, 2.05) is 18.0 Å². The molecule has 2 aromatic heterocycles. The molecule has 0 N–H and O–H groups in total. The summed E-state index contributed by atoms with van der Waals surface area (Å²) in [7, 11) is 1.96. The van der Waals surface area contributed by atoms with Gasteiger partial charge < -0.3 is 0 Å². The van der Waals surface area contributed by atoms with E-state index in [0.717, 1.165) is 6.42 Å². The van der Waals surface area contributed by atoms with Gasteiger partial charge >= 0.3 is 0 Å². The van der Waals surface area contributed by atoms with Crippen LogP contribution in [0.1, 0.15) is 22.2 Å². The predicted molar refractivity (Wildman–Crippen MR) is 88.8 cm³/mol. The van der Waals surface area contributed by atoms with Gasteiger partial charge in [-0.1, -0.05) is 29.3 Å². The van der Waals surface area contributed by atoms with Gasteiger partial charge in [-0.3, -0.25) is 9.69 Å². The molecular formula is C14H15Cl2NOS2. The van der Waals surface area contributed by atoms with E-state index in [-0.39, 0.29) is 5.78 Å². The Bertz CT molecular complexity index is 580. The molecule has 0 spiro atoms. The topological polar surface area (TPSA) is 20.3 Å². The second kappa shape index (κ2) is 7.05. The highest BCUT2D eigenvalue weighted by Gasteiger charge is 2.19. The Labute approximate surface area is 136 Å². The van der Waals surface area contributed by atoms with Crippen LogP contribution in [0.2, 0.25) is 8.67 Å². The summed E-state index contributed by atoms with van der Waals surface area (Å²) >= 11 is 14.9. The van der Waals surface area contributed by atoms with E-state index in [1.165, 1.54) is 16.2 Å². The molecule has 0 aliphatic carbocycles. The van der Waals surface area contributed by atoms with Crippen molar-refractivity contribution in [3.63, 3.8) is 0 Å². The molecule has 2 aromatic rings. The number of halogens is 2. The molecule has 20 heavy (non-hydrogen) atoms. The van der Waals surface area contributed by atoms with Gasteiger partial charge in [-0.15, -0.1) is 22.7 Å². The molecule has 2 rings (SSSR count). The van der Waals surface area contributed by atoms with Gasteiger partial charge in [0.05, 0.1) is 16.4 Å². The van der Waals surface area contributed by atoms with Crippen molar-refractivity contribution < 1.29 is 4.79 Å². The zero-order chi connectivity index (χ0) is 14.7. The average molecular weight is 348 g/mol. The SMILES string of the molecule is CC(Cc1cccs1)N(C)CC(=O)c1cc(Cl)sc1Cl. The highest BCUT2D eigenvalue weighted by atomic mass is 35.5. The zero-order valence-corrected chi connectivity index (χ0v) is 14.4. The lowest BCUT2D eigenvalue weighted by Crippen LogP contribution is -2.35. The maximum Gasteiger partial charge on any atom is 0.179 e. The summed E-state index contributed by atoms with van der Waals surface area (Å²) in [5.41, 5.74) is 0.525. The summed E-state index contributed by atoms with van der Waals surface area (Å²) in [6.45, 7) is 2.47. The van der Waals surface area contributed by atoms with Crippen LogP contribution in [-0.4, -0.2) is 30.3 Å². The Hall–Kier alpha value is -0.390. The van der Waals surface area contributed by atoms with Gasteiger partial charge in [0, 0.05) is 10.9 Å². The van der Waals surface area contributed by atoms with Crippen LogP contribution >= 0.6 is 45.9 Å². The summed E-state index contributed by atoms with van der Waals surface area (Å²) in [5.74, 6) is 0.0127. The Morgan fingerprint density at radius 2 is 2.20 bits per heavy atom. The molecule has 0 amide bonds. The quantitative estimate of drug-likeness (QED) is 0.695. The number of carbonyl (C=O) groups excluding carboxylic acids is 1. The van der Waals surface area contributed by atoms with Gasteiger partial charge in [-0.05, 0) is 37.9 Å². The second-order valence-corrected chi connectivity index (χ2v) is 8.03. The summed E-state index contributed by atoms with van der Waals surface area (Å²) in [5, 5.41) is 2.07. The van der Waals surface area contributed by atoms with Crippen molar-refractivity contribution in [1.29, 1.82) is 0 Å². The first-order chi connectivity index (χ1) is 9.47. The third-order valence-corrected chi connectivity index (χ3v) is 5.57.